The fraction of sp³-hybridized carbons (Fsp3) is 0.200. The highest BCUT2D eigenvalue weighted by atomic mass is 16.5. The average Bonchev–Trinajstić information content (AvgIpc) is 3.62. The molecule has 4 N–H and O–H groups in total. The second-order valence-corrected chi connectivity index (χ2v) is 7.81. The Hall–Kier alpha value is -4.00. The van der Waals surface area contributed by atoms with Crippen molar-refractivity contribution >= 4 is 17.5 Å². The van der Waals surface area contributed by atoms with Crippen LogP contribution in [0.5, 0.6) is 17.2 Å². The number of amides is 2. The SMILES string of the molecule is CNC(=O)c1ccc(-c2cc(NC(=O)C3(c4ccc(O)c(O)c4)CC3)ccc2OC)cc1. The van der Waals surface area contributed by atoms with Crippen LogP contribution in [0.1, 0.15) is 28.8 Å². The predicted octanol–water partition coefficient (Wildman–Crippen LogP) is 3.80. The maximum absolute atomic E-state index is 13.1. The van der Waals surface area contributed by atoms with Crippen molar-refractivity contribution in [3.05, 3.63) is 71.8 Å². The van der Waals surface area contributed by atoms with Gasteiger partial charge in [0.1, 0.15) is 5.75 Å². The number of carbonyl (C=O) groups is 2. The van der Waals surface area contributed by atoms with Crippen LogP contribution in [-0.4, -0.2) is 36.2 Å². The van der Waals surface area contributed by atoms with E-state index in [-0.39, 0.29) is 23.3 Å². The number of hydrogen-bond acceptors (Lipinski definition) is 5. The molecule has 0 atom stereocenters. The zero-order chi connectivity index (χ0) is 22.9. The van der Waals surface area contributed by atoms with Crippen LogP contribution < -0.4 is 15.4 Å². The van der Waals surface area contributed by atoms with Crippen molar-refractivity contribution in [3.63, 3.8) is 0 Å². The molecule has 2 amide bonds. The highest BCUT2D eigenvalue weighted by Crippen LogP contribution is 2.50. The van der Waals surface area contributed by atoms with Gasteiger partial charge in [-0.1, -0.05) is 18.2 Å². The summed E-state index contributed by atoms with van der Waals surface area (Å²) in [7, 11) is 3.16. The van der Waals surface area contributed by atoms with Crippen molar-refractivity contribution in [1.29, 1.82) is 0 Å². The molecule has 0 heterocycles. The van der Waals surface area contributed by atoms with Crippen molar-refractivity contribution in [2.24, 2.45) is 0 Å². The number of nitrogens with one attached hydrogen (secondary N) is 2. The standard InChI is InChI=1S/C25H24N2O5/c1-26-23(30)16-5-3-15(4-6-16)19-14-18(8-10-22(19)32-2)27-24(31)25(11-12-25)17-7-9-20(28)21(29)13-17/h3-10,13-14,28-29H,11-12H2,1-2H3,(H,26,30)(H,27,31). The van der Waals surface area contributed by atoms with Gasteiger partial charge in [-0.2, -0.15) is 0 Å². The molecule has 1 fully saturated rings. The van der Waals surface area contributed by atoms with Gasteiger partial charge in [-0.25, -0.2) is 0 Å². The third-order valence-corrected chi connectivity index (χ3v) is 5.86. The predicted molar refractivity (Wildman–Crippen MR) is 121 cm³/mol. The van der Waals surface area contributed by atoms with E-state index in [0.29, 0.717) is 35.4 Å². The first-order valence-electron chi connectivity index (χ1n) is 10.2. The number of rotatable bonds is 6. The van der Waals surface area contributed by atoms with Gasteiger partial charge in [-0.15, -0.1) is 0 Å². The van der Waals surface area contributed by atoms with Crippen LogP contribution in [0.3, 0.4) is 0 Å². The quantitative estimate of drug-likeness (QED) is 0.443. The van der Waals surface area contributed by atoms with Gasteiger partial charge in [0.2, 0.25) is 5.91 Å². The second kappa shape index (κ2) is 8.26. The first-order chi connectivity index (χ1) is 15.4. The number of phenolic OH excluding ortho intramolecular Hbond substituents is 2. The molecule has 0 unspecified atom stereocenters. The molecule has 0 saturated heterocycles. The van der Waals surface area contributed by atoms with E-state index in [1.54, 1.807) is 44.5 Å². The van der Waals surface area contributed by atoms with Crippen LogP contribution in [0.15, 0.2) is 60.7 Å². The van der Waals surface area contributed by atoms with Crippen LogP contribution in [0.2, 0.25) is 0 Å². The number of phenols is 2. The van der Waals surface area contributed by atoms with E-state index in [4.69, 9.17) is 4.74 Å². The van der Waals surface area contributed by atoms with Crippen molar-refractivity contribution in [2.45, 2.75) is 18.3 Å². The van der Waals surface area contributed by atoms with Gasteiger partial charge in [0.25, 0.3) is 5.91 Å². The van der Waals surface area contributed by atoms with Gasteiger partial charge in [0.05, 0.1) is 12.5 Å². The van der Waals surface area contributed by atoms with Gasteiger partial charge in [0, 0.05) is 23.9 Å². The summed E-state index contributed by atoms with van der Waals surface area (Å²) in [5.74, 6) is -0.158. The molecule has 0 bridgehead atoms. The van der Waals surface area contributed by atoms with E-state index in [2.05, 4.69) is 10.6 Å². The highest BCUT2D eigenvalue weighted by Gasteiger charge is 2.51. The topological polar surface area (TPSA) is 108 Å². The molecule has 1 saturated carbocycles. The van der Waals surface area contributed by atoms with Crippen LogP contribution in [0, 0.1) is 0 Å². The molecular formula is C25H24N2O5. The van der Waals surface area contributed by atoms with Gasteiger partial charge < -0.3 is 25.6 Å². The summed E-state index contributed by atoms with van der Waals surface area (Å²) < 4.78 is 5.49. The molecule has 0 aromatic heterocycles. The Bertz CT molecular complexity index is 1180. The Labute approximate surface area is 185 Å². The molecule has 7 heteroatoms. The molecule has 3 aromatic carbocycles. The smallest absolute Gasteiger partial charge is 0.251 e. The van der Waals surface area contributed by atoms with Crippen molar-refractivity contribution in [3.8, 4) is 28.4 Å². The van der Waals surface area contributed by atoms with Crippen LogP contribution in [0.25, 0.3) is 11.1 Å². The van der Waals surface area contributed by atoms with Gasteiger partial charge >= 0.3 is 0 Å². The molecule has 32 heavy (non-hydrogen) atoms. The average molecular weight is 432 g/mol. The molecule has 0 spiro atoms. The minimum Gasteiger partial charge on any atom is -0.504 e. The highest BCUT2D eigenvalue weighted by molar-refractivity contribution is 6.02. The lowest BCUT2D eigenvalue weighted by Gasteiger charge is -2.18. The third-order valence-electron chi connectivity index (χ3n) is 5.86. The van der Waals surface area contributed by atoms with Crippen molar-refractivity contribution < 1.29 is 24.5 Å². The van der Waals surface area contributed by atoms with Gasteiger partial charge in [-0.3, -0.25) is 9.59 Å². The fourth-order valence-corrected chi connectivity index (χ4v) is 3.80. The van der Waals surface area contributed by atoms with Crippen LogP contribution in [0.4, 0.5) is 5.69 Å². The Balaban J connectivity index is 1.60. The maximum atomic E-state index is 13.1. The summed E-state index contributed by atoms with van der Waals surface area (Å²) in [6, 6.07) is 17.0. The molecule has 3 aromatic rings. The summed E-state index contributed by atoms with van der Waals surface area (Å²) in [6.07, 6.45) is 1.32. The lowest BCUT2D eigenvalue weighted by atomic mass is 9.94. The summed E-state index contributed by atoms with van der Waals surface area (Å²) >= 11 is 0. The van der Waals surface area contributed by atoms with Gasteiger partial charge in [-0.05, 0) is 66.4 Å². The van der Waals surface area contributed by atoms with E-state index in [1.807, 2.05) is 18.2 Å². The second-order valence-electron chi connectivity index (χ2n) is 7.81. The molecule has 7 nitrogen and oxygen atoms in total. The number of carbonyl (C=O) groups excluding carboxylic acids is 2. The van der Waals surface area contributed by atoms with Crippen molar-refractivity contribution in [1.82, 2.24) is 5.32 Å². The molecule has 0 radical (unpaired) electrons. The first-order valence-corrected chi connectivity index (χ1v) is 10.2. The van der Waals surface area contributed by atoms with E-state index in [9.17, 15) is 19.8 Å². The molecule has 1 aliphatic rings. The third kappa shape index (κ3) is 3.85. The Morgan fingerprint density at radius 3 is 2.25 bits per heavy atom. The summed E-state index contributed by atoms with van der Waals surface area (Å²) in [5.41, 5.74) is 2.73. The van der Waals surface area contributed by atoms with Crippen LogP contribution in [-0.2, 0) is 10.2 Å². The number of methoxy groups -OCH3 is 1. The summed E-state index contributed by atoms with van der Waals surface area (Å²) in [6.45, 7) is 0. The number of aromatic hydroxyl groups is 2. The van der Waals surface area contributed by atoms with E-state index in [0.717, 1.165) is 11.1 Å². The molecule has 1 aliphatic carbocycles. The summed E-state index contributed by atoms with van der Waals surface area (Å²) in [4.78, 5) is 24.9. The maximum Gasteiger partial charge on any atom is 0.251 e. The zero-order valence-corrected chi connectivity index (χ0v) is 17.8. The minimum atomic E-state index is -0.722. The number of anilines is 1. The number of ether oxygens (including phenoxy) is 1. The van der Waals surface area contributed by atoms with Gasteiger partial charge in [0.15, 0.2) is 11.5 Å². The van der Waals surface area contributed by atoms with Crippen LogP contribution >= 0.6 is 0 Å². The molecule has 4 rings (SSSR count). The minimum absolute atomic E-state index is 0.167. The zero-order valence-electron chi connectivity index (χ0n) is 17.8. The Morgan fingerprint density at radius 2 is 1.66 bits per heavy atom. The normalized spacial score (nSPS) is 13.8. The lowest BCUT2D eigenvalue weighted by Crippen LogP contribution is -2.27. The molecular weight excluding hydrogens is 408 g/mol. The summed E-state index contributed by atoms with van der Waals surface area (Å²) in [5, 5.41) is 25.0. The Kier molecular flexibility index (Phi) is 5.48. The largest absolute Gasteiger partial charge is 0.504 e. The lowest BCUT2D eigenvalue weighted by molar-refractivity contribution is -0.118. The number of benzene rings is 3. The van der Waals surface area contributed by atoms with E-state index < -0.39 is 5.41 Å². The fourth-order valence-electron chi connectivity index (χ4n) is 3.80. The number of hydrogen-bond donors (Lipinski definition) is 4. The first kappa shape index (κ1) is 21.2. The molecule has 164 valence electrons. The van der Waals surface area contributed by atoms with E-state index >= 15 is 0 Å². The molecule has 0 aliphatic heterocycles. The van der Waals surface area contributed by atoms with E-state index in [1.165, 1.54) is 12.1 Å². The monoisotopic (exact) mass is 432 g/mol. The Morgan fingerprint density at radius 1 is 0.938 bits per heavy atom. The van der Waals surface area contributed by atoms with Crippen molar-refractivity contribution in [2.75, 3.05) is 19.5 Å².